The minimum Gasteiger partial charge on any atom is -0.497 e. The molecule has 0 saturated carbocycles. The number of aromatic nitrogens is 3. The van der Waals surface area contributed by atoms with Gasteiger partial charge in [0.05, 0.1) is 23.4 Å². The number of ether oxygens (including phenoxy) is 1. The summed E-state index contributed by atoms with van der Waals surface area (Å²) in [5.74, 6) is 2.07. The van der Waals surface area contributed by atoms with Crippen LogP contribution in [0.1, 0.15) is 6.92 Å². The van der Waals surface area contributed by atoms with E-state index in [1.54, 1.807) is 18.4 Å². The molecular weight excluding hydrogens is 418 g/mol. The maximum Gasteiger partial charge on any atom is 0.233 e. The third-order valence-corrected chi connectivity index (χ3v) is 6.98. The Bertz CT molecular complexity index is 964. The molecule has 3 heterocycles. The molecule has 1 aromatic carbocycles. The molecule has 0 spiro atoms. The third-order valence-electron chi connectivity index (χ3n) is 5.20. The van der Waals surface area contributed by atoms with Gasteiger partial charge in [-0.3, -0.25) is 9.36 Å². The molecule has 0 atom stereocenters. The van der Waals surface area contributed by atoms with Gasteiger partial charge in [-0.2, -0.15) is 0 Å². The number of amides is 1. The molecule has 1 amide bonds. The van der Waals surface area contributed by atoms with E-state index in [1.165, 1.54) is 11.8 Å². The summed E-state index contributed by atoms with van der Waals surface area (Å²) in [5, 5.41) is 11.6. The minimum atomic E-state index is 0.151. The van der Waals surface area contributed by atoms with Gasteiger partial charge in [0.2, 0.25) is 5.91 Å². The molecule has 0 radical (unpaired) electrons. The van der Waals surface area contributed by atoms with Crippen LogP contribution in [0.5, 0.6) is 5.75 Å². The maximum absolute atomic E-state index is 12.7. The predicted octanol–water partition coefficient (Wildman–Crippen LogP) is 3.26. The van der Waals surface area contributed by atoms with Crippen molar-refractivity contribution in [2.45, 2.75) is 12.1 Å². The van der Waals surface area contributed by atoms with Crippen molar-refractivity contribution in [3.05, 3.63) is 41.8 Å². The Kier molecular flexibility index (Phi) is 6.71. The second-order valence-electron chi connectivity index (χ2n) is 6.92. The molecule has 9 heteroatoms. The van der Waals surface area contributed by atoms with Crippen molar-refractivity contribution in [2.75, 3.05) is 45.6 Å². The van der Waals surface area contributed by atoms with Crippen molar-refractivity contribution in [3.8, 4) is 22.1 Å². The normalized spacial score (nSPS) is 14.8. The van der Waals surface area contributed by atoms with Gasteiger partial charge in [0, 0.05) is 26.2 Å². The number of benzene rings is 1. The molecule has 0 unspecified atom stereocenters. The van der Waals surface area contributed by atoms with Crippen LogP contribution in [-0.4, -0.2) is 76.1 Å². The number of carbonyl (C=O) groups is 1. The monoisotopic (exact) mass is 443 g/mol. The first-order valence-corrected chi connectivity index (χ1v) is 11.8. The van der Waals surface area contributed by atoms with Crippen LogP contribution in [0.4, 0.5) is 0 Å². The topological polar surface area (TPSA) is 63.5 Å². The molecule has 30 heavy (non-hydrogen) atoms. The fourth-order valence-electron chi connectivity index (χ4n) is 3.42. The molecule has 0 aliphatic carbocycles. The largest absolute Gasteiger partial charge is 0.497 e. The molecule has 0 bridgehead atoms. The lowest BCUT2D eigenvalue weighted by Gasteiger charge is -2.34. The number of likely N-dealkylation sites (N-methyl/N-ethyl adjacent to an activating group) is 1. The summed E-state index contributed by atoms with van der Waals surface area (Å²) in [6, 6.07) is 11.8. The molecule has 4 rings (SSSR count). The van der Waals surface area contributed by atoms with E-state index in [0.717, 1.165) is 54.9 Å². The van der Waals surface area contributed by atoms with Crippen molar-refractivity contribution in [1.29, 1.82) is 0 Å². The first kappa shape index (κ1) is 20.9. The quantitative estimate of drug-likeness (QED) is 0.523. The van der Waals surface area contributed by atoms with Gasteiger partial charge in [0.15, 0.2) is 11.0 Å². The zero-order chi connectivity index (χ0) is 20.9. The number of carbonyl (C=O) groups excluding carboxylic acids is 1. The van der Waals surface area contributed by atoms with Gasteiger partial charge in [0.25, 0.3) is 0 Å². The molecule has 1 fully saturated rings. The highest BCUT2D eigenvalue weighted by atomic mass is 32.2. The van der Waals surface area contributed by atoms with E-state index in [2.05, 4.69) is 22.0 Å². The van der Waals surface area contributed by atoms with E-state index in [0.29, 0.717) is 10.9 Å². The number of hydrogen-bond acceptors (Lipinski definition) is 7. The summed E-state index contributed by atoms with van der Waals surface area (Å²) in [7, 11) is 1.65. The van der Waals surface area contributed by atoms with E-state index in [4.69, 9.17) is 4.74 Å². The van der Waals surface area contributed by atoms with Crippen LogP contribution in [0.15, 0.2) is 46.9 Å². The van der Waals surface area contributed by atoms with Crippen LogP contribution in [-0.2, 0) is 4.79 Å². The molecule has 7 nitrogen and oxygen atoms in total. The standard InChI is InChI=1S/C21H25N5O2S2/c1-3-24-10-12-25(13-11-24)19(27)15-30-21-23-22-20(18-5-4-14-29-18)26(21)16-6-8-17(28-2)9-7-16/h4-9,14H,3,10-13,15H2,1-2H3. The van der Waals surface area contributed by atoms with E-state index in [9.17, 15) is 4.79 Å². The Morgan fingerprint density at radius 3 is 2.53 bits per heavy atom. The lowest BCUT2D eigenvalue weighted by Crippen LogP contribution is -2.49. The molecular formula is C21H25N5O2S2. The number of rotatable bonds is 7. The fraction of sp³-hybridized carbons (Fsp3) is 0.381. The zero-order valence-electron chi connectivity index (χ0n) is 17.2. The average Bonchev–Trinajstić information content (AvgIpc) is 3.47. The zero-order valence-corrected chi connectivity index (χ0v) is 18.8. The van der Waals surface area contributed by atoms with E-state index in [-0.39, 0.29) is 5.91 Å². The number of thiophene rings is 1. The summed E-state index contributed by atoms with van der Waals surface area (Å²) in [4.78, 5) is 18.1. The first-order valence-electron chi connectivity index (χ1n) is 9.96. The number of thioether (sulfide) groups is 1. The van der Waals surface area contributed by atoms with E-state index >= 15 is 0 Å². The molecule has 2 aromatic heterocycles. The maximum atomic E-state index is 12.7. The van der Waals surface area contributed by atoms with Gasteiger partial charge in [-0.05, 0) is 42.3 Å². The van der Waals surface area contributed by atoms with E-state index < -0.39 is 0 Å². The summed E-state index contributed by atoms with van der Waals surface area (Å²) < 4.78 is 7.30. The van der Waals surface area contributed by atoms with Crippen LogP contribution in [0.25, 0.3) is 16.4 Å². The summed E-state index contributed by atoms with van der Waals surface area (Å²) in [5.41, 5.74) is 0.940. The highest BCUT2D eigenvalue weighted by Gasteiger charge is 2.22. The number of nitrogens with zero attached hydrogens (tertiary/aromatic N) is 5. The van der Waals surface area contributed by atoms with Gasteiger partial charge in [0.1, 0.15) is 5.75 Å². The smallest absolute Gasteiger partial charge is 0.233 e. The Hall–Kier alpha value is -2.36. The molecule has 1 aliphatic heterocycles. The van der Waals surface area contributed by atoms with Gasteiger partial charge >= 0.3 is 0 Å². The number of piperazine rings is 1. The number of hydrogen-bond donors (Lipinski definition) is 0. The Morgan fingerprint density at radius 2 is 1.90 bits per heavy atom. The lowest BCUT2D eigenvalue weighted by molar-refractivity contribution is -0.130. The fourth-order valence-corrected chi connectivity index (χ4v) is 4.98. The van der Waals surface area contributed by atoms with Gasteiger partial charge in [-0.25, -0.2) is 0 Å². The van der Waals surface area contributed by atoms with E-state index in [1.807, 2.05) is 51.2 Å². The van der Waals surface area contributed by atoms with Crippen LogP contribution < -0.4 is 4.74 Å². The average molecular weight is 444 g/mol. The van der Waals surface area contributed by atoms with Crippen molar-refractivity contribution in [2.24, 2.45) is 0 Å². The second kappa shape index (κ2) is 9.63. The summed E-state index contributed by atoms with van der Waals surface area (Å²) in [6.07, 6.45) is 0. The van der Waals surface area contributed by atoms with Gasteiger partial charge in [-0.15, -0.1) is 21.5 Å². The molecule has 3 aromatic rings. The lowest BCUT2D eigenvalue weighted by atomic mass is 10.3. The Balaban J connectivity index is 1.53. The molecule has 0 N–H and O–H groups in total. The second-order valence-corrected chi connectivity index (χ2v) is 8.81. The van der Waals surface area contributed by atoms with Crippen LogP contribution in [0.2, 0.25) is 0 Å². The highest BCUT2D eigenvalue weighted by Crippen LogP contribution is 2.31. The minimum absolute atomic E-state index is 0.151. The third kappa shape index (κ3) is 4.53. The first-order chi connectivity index (χ1) is 14.7. The molecule has 1 aliphatic rings. The molecule has 1 saturated heterocycles. The summed E-state index contributed by atoms with van der Waals surface area (Å²) >= 11 is 3.05. The molecule has 158 valence electrons. The highest BCUT2D eigenvalue weighted by molar-refractivity contribution is 7.99. The van der Waals surface area contributed by atoms with Gasteiger partial charge in [-0.1, -0.05) is 24.8 Å². The van der Waals surface area contributed by atoms with Gasteiger partial charge < -0.3 is 14.5 Å². The van der Waals surface area contributed by atoms with Crippen LogP contribution >= 0.6 is 23.1 Å². The summed E-state index contributed by atoms with van der Waals surface area (Å²) in [6.45, 7) is 6.66. The van der Waals surface area contributed by atoms with Crippen molar-refractivity contribution >= 4 is 29.0 Å². The number of methoxy groups -OCH3 is 1. The van der Waals surface area contributed by atoms with Crippen LogP contribution in [0.3, 0.4) is 0 Å². The Morgan fingerprint density at radius 1 is 1.13 bits per heavy atom. The predicted molar refractivity (Wildman–Crippen MR) is 121 cm³/mol. The van der Waals surface area contributed by atoms with Crippen molar-refractivity contribution in [1.82, 2.24) is 24.6 Å². The Labute approximate surface area is 184 Å². The van der Waals surface area contributed by atoms with Crippen molar-refractivity contribution in [3.63, 3.8) is 0 Å². The van der Waals surface area contributed by atoms with Crippen molar-refractivity contribution < 1.29 is 9.53 Å². The van der Waals surface area contributed by atoms with Crippen LogP contribution in [0, 0.1) is 0 Å². The SMILES string of the molecule is CCN1CCN(C(=O)CSc2nnc(-c3cccs3)n2-c2ccc(OC)cc2)CC1.